The smallest absolute Gasteiger partial charge is 0.165 e. The summed E-state index contributed by atoms with van der Waals surface area (Å²) >= 11 is 0. The first kappa shape index (κ1) is 14.6. The first-order valence-corrected chi connectivity index (χ1v) is 8.44. The number of hydrogen-bond acceptors (Lipinski definition) is 2. The van der Waals surface area contributed by atoms with Crippen molar-refractivity contribution in [3.05, 3.63) is 47.0 Å². The Morgan fingerprint density at radius 3 is 2.61 bits per heavy atom. The molecule has 1 heterocycles. The van der Waals surface area contributed by atoms with E-state index in [-0.39, 0.29) is 11.5 Å². The van der Waals surface area contributed by atoms with Crippen LogP contribution in [0.25, 0.3) is 11.1 Å². The molecule has 0 aromatic heterocycles. The Bertz CT molecular complexity index is 796. The molecule has 0 radical (unpaired) electrons. The van der Waals surface area contributed by atoms with Crippen LogP contribution in [0, 0.1) is 0 Å². The molecule has 2 aromatic carbocycles. The van der Waals surface area contributed by atoms with E-state index in [4.69, 9.17) is 0 Å². The van der Waals surface area contributed by atoms with Crippen molar-refractivity contribution in [2.24, 2.45) is 0 Å². The maximum Gasteiger partial charge on any atom is 0.165 e. The normalized spacial score (nSPS) is 25.1. The maximum atomic E-state index is 10.4. The highest BCUT2D eigenvalue weighted by molar-refractivity contribution is 5.82. The summed E-state index contributed by atoms with van der Waals surface area (Å²) in [7, 11) is 2.36. The Labute approximate surface area is 137 Å². The number of aromatic hydroxyl groups is 2. The molecule has 0 saturated carbocycles. The van der Waals surface area contributed by atoms with Crippen molar-refractivity contribution >= 4 is 0 Å². The van der Waals surface area contributed by atoms with Gasteiger partial charge < -0.3 is 14.7 Å². The highest BCUT2D eigenvalue weighted by Gasteiger charge is 2.45. The molecule has 0 spiro atoms. The molecular weight excluding hydrogens is 286 g/mol. The van der Waals surface area contributed by atoms with Gasteiger partial charge in [0.1, 0.15) is 6.04 Å². The average Bonchev–Trinajstić information content (AvgIpc) is 2.54. The van der Waals surface area contributed by atoms with Gasteiger partial charge in [0.2, 0.25) is 0 Å². The second-order valence-corrected chi connectivity index (χ2v) is 7.48. The second-order valence-electron chi connectivity index (χ2n) is 7.48. The molecule has 3 heteroatoms. The summed E-state index contributed by atoms with van der Waals surface area (Å²) in [5, 5.41) is 20.4. The van der Waals surface area contributed by atoms with E-state index in [1.807, 2.05) is 6.07 Å². The molecule has 1 aliphatic heterocycles. The molecule has 0 amide bonds. The van der Waals surface area contributed by atoms with Crippen LogP contribution in [0.2, 0.25) is 0 Å². The van der Waals surface area contributed by atoms with Crippen molar-refractivity contribution in [1.29, 1.82) is 0 Å². The summed E-state index contributed by atoms with van der Waals surface area (Å²) < 4.78 is 1.03. The van der Waals surface area contributed by atoms with Gasteiger partial charge in [0, 0.05) is 24.0 Å². The number of rotatable bonds is 1. The highest BCUT2D eigenvalue weighted by atomic mass is 16.3. The number of hydrogen-bond donors (Lipinski definition) is 2. The maximum absolute atomic E-state index is 10.4. The molecule has 2 atom stereocenters. The SMILES string of the molecule is CC(C)[N+]1(C)CCc2cccc3c2C1Cc1ccc(O)c(O)c1-3. The molecule has 1 aliphatic carbocycles. The van der Waals surface area contributed by atoms with E-state index < -0.39 is 0 Å². The van der Waals surface area contributed by atoms with Crippen LogP contribution < -0.4 is 0 Å². The predicted molar refractivity (Wildman–Crippen MR) is 91.5 cm³/mol. The number of quaternary nitrogens is 1. The minimum absolute atomic E-state index is 0.0265. The van der Waals surface area contributed by atoms with E-state index >= 15 is 0 Å². The summed E-state index contributed by atoms with van der Waals surface area (Å²) in [6.45, 7) is 5.76. The largest absolute Gasteiger partial charge is 0.504 e. The van der Waals surface area contributed by atoms with E-state index in [1.54, 1.807) is 6.07 Å². The van der Waals surface area contributed by atoms with Crippen molar-refractivity contribution < 1.29 is 14.7 Å². The van der Waals surface area contributed by atoms with Gasteiger partial charge in [-0.25, -0.2) is 0 Å². The number of benzene rings is 2. The molecule has 0 fully saturated rings. The fourth-order valence-electron chi connectivity index (χ4n) is 4.48. The zero-order chi connectivity index (χ0) is 16.4. The Balaban J connectivity index is 2.02. The van der Waals surface area contributed by atoms with Crippen molar-refractivity contribution in [2.45, 2.75) is 38.8 Å². The topological polar surface area (TPSA) is 40.5 Å². The zero-order valence-electron chi connectivity index (χ0n) is 14.0. The molecule has 120 valence electrons. The summed E-state index contributed by atoms with van der Waals surface area (Å²) in [5.74, 6) is -0.00426. The lowest BCUT2D eigenvalue weighted by atomic mass is 9.75. The van der Waals surface area contributed by atoms with Gasteiger partial charge in [0.15, 0.2) is 11.5 Å². The van der Waals surface area contributed by atoms with Crippen LogP contribution in [-0.2, 0) is 12.8 Å². The minimum atomic E-state index is -0.0308. The first-order chi connectivity index (χ1) is 10.9. The van der Waals surface area contributed by atoms with Crippen LogP contribution in [0.1, 0.15) is 36.6 Å². The van der Waals surface area contributed by atoms with Crippen LogP contribution in [0.3, 0.4) is 0 Å². The van der Waals surface area contributed by atoms with Crippen molar-refractivity contribution in [3.63, 3.8) is 0 Å². The molecule has 2 aliphatic rings. The molecule has 2 aromatic rings. The van der Waals surface area contributed by atoms with E-state index in [1.165, 1.54) is 11.1 Å². The molecule has 4 rings (SSSR count). The van der Waals surface area contributed by atoms with Gasteiger partial charge in [-0.1, -0.05) is 24.3 Å². The van der Waals surface area contributed by atoms with Crippen molar-refractivity contribution in [1.82, 2.24) is 0 Å². The number of likely N-dealkylation sites (N-methyl/N-ethyl adjacent to an activating group) is 1. The monoisotopic (exact) mass is 310 g/mol. The summed E-state index contributed by atoms with van der Waals surface area (Å²) in [4.78, 5) is 0. The molecule has 3 nitrogen and oxygen atoms in total. The summed E-state index contributed by atoms with van der Waals surface area (Å²) in [5.41, 5.74) is 5.85. The summed E-state index contributed by atoms with van der Waals surface area (Å²) in [6.07, 6.45) is 1.99. The summed E-state index contributed by atoms with van der Waals surface area (Å²) in [6, 6.07) is 11.0. The van der Waals surface area contributed by atoms with Gasteiger partial charge in [0.25, 0.3) is 0 Å². The molecular formula is C20H24NO2+. The lowest BCUT2D eigenvalue weighted by Gasteiger charge is -2.50. The zero-order valence-corrected chi connectivity index (χ0v) is 14.0. The van der Waals surface area contributed by atoms with Crippen LogP contribution in [0.15, 0.2) is 30.3 Å². The molecule has 0 bridgehead atoms. The highest BCUT2D eigenvalue weighted by Crippen LogP contribution is 2.52. The molecule has 23 heavy (non-hydrogen) atoms. The van der Waals surface area contributed by atoms with Crippen LogP contribution in [-0.4, -0.2) is 34.3 Å². The van der Waals surface area contributed by atoms with E-state index in [0.29, 0.717) is 12.1 Å². The lowest BCUT2D eigenvalue weighted by molar-refractivity contribution is -0.960. The first-order valence-electron chi connectivity index (χ1n) is 8.44. The third-order valence-corrected chi connectivity index (χ3v) is 6.21. The molecule has 2 unspecified atom stereocenters. The van der Waals surface area contributed by atoms with Gasteiger partial charge in [-0.3, -0.25) is 0 Å². The Hall–Kier alpha value is -2.00. The Morgan fingerprint density at radius 1 is 1.09 bits per heavy atom. The van der Waals surface area contributed by atoms with Gasteiger partial charge in [-0.2, -0.15) is 0 Å². The Morgan fingerprint density at radius 2 is 1.87 bits per heavy atom. The number of nitrogens with zero attached hydrogens (tertiary/aromatic N) is 1. The fraction of sp³-hybridized carbons (Fsp3) is 0.400. The Kier molecular flexibility index (Phi) is 3.01. The van der Waals surface area contributed by atoms with E-state index in [9.17, 15) is 10.2 Å². The van der Waals surface area contributed by atoms with Gasteiger partial charge in [-0.05, 0) is 36.6 Å². The fourth-order valence-corrected chi connectivity index (χ4v) is 4.48. The van der Waals surface area contributed by atoms with E-state index in [2.05, 4.69) is 39.1 Å². The van der Waals surface area contributed by atoms with Crippen LogP contribution >= 0.6 is 0 Å². The standard InChI is InChI=1S/C20H23NO2/c1-12(2)21(3)10-9-13-5-4-6-15-18(13)16(21)11-14-7-8-17(22)20(23)19(14)15/h4-8,12,16H,9-11H2,1-3H3,(H-,22,23)/p+1. The molecule has 2 N–H and O–H groups in total. The third-order valence-electron chi connectivity index (χ3n) is 6.21. The lowest BCUT2D eigenvalue weighted by Crippen LogP contribution is -2.56. The number of phenolic OH excluding ortho intramolecular Hbond substituents is 2. The molecule has 0 saturated heterocycles. The number of fused-ring (bicyclic) bond motifs is 2. The number of phenols is 2. The van der Waals surface area contributed by atoms with E-state index in [0.717, 1.165) is 40.6 Å². The second kappa shape index (κ2) is 4.75. The van der Waals surface area contributed by atoms with Gasteiger partial charge in [-0.15, -0.1) is 0 Å². The van der Waals surface area contributed by atoms with Crippen molar-refractivity contribution in [3.8, 4) is 22.6 Å². The van der Waals surface area contributed by atoms with Crippen molar-refractivity contribution in [2.75, 3.05) is 13.6 Å². The minimum Gasteiger partial charge on any atom is -0.504 e. The van der Waals surface area contributed by atoms with Gasteiger partial charge >= 0.3 is 0 Å². The van der Waals surface area contributed by atoms with Crippen LogP contribution in [0.4, 0.5) is 0 Å². The average molecular weight is 310 g/mol. The predicted octanol–water partition coefficient (Wildman–Crippen LogP) is 3.77. The third kappa shape index (κ3) is 1.86. The van der Waals surface area contributed by atoms with Crippen LogP contribution in [0.5, 0.6) is 11.5 Å². The quantitative estimate of drug-likeness (QED) is 0.622. The van der Waals surface area contributed by atoms with Gasteiger partial charge in [0.05, 0.1) is 19.6 Å².